The monoisotopic (exact) mass is 443 g/mol. The average Bonchev–Trinajstić information content (AvgIpc) is 2.75. The first-order chi connectivity index (χ1) is 14.8. The molecular formula is C24H33N3O3S. The molecule has 0 amide bonds. The van der Waals surface area contributed by atoms with E-state index >= 15 is 0 Å². The highest BCUT2D eigenvalue weighted by molar-refractivity contribution is 7.92. The molecule has 1 saturated heterocycles. The summed E-state index contributed by atoms with van der Waals surface area (Å²) < 4.78 is 29.8. The quantitative estimate of drug-likeness (QED) is 0.525. The second-order valence-electron chi connectivity index (χ2n) is 8.42. The molecule has 2 aromatic carbocycles. The average molecular weight is 444 g/mol. The number of nitrogens with one attached hydrogen (secondary N) is 1. The van der Waals surface area contributed by atoms with Crippen molar-refractivity contribution in [3.63, 3.8) is 0 Å². The van der Waals surface area contributed by atoms with Crippen molar-refractivity contribution >= 4 is 15.8 Å². The van der Waals surface area contributed by atoms with E-state index < -0.39 is 14.6 Å². The highest BCUT2D eigenvalue weighted by Crippen LogP contribution is 2.24. The van der Waals surface area contributed by atoms with Crippen LogP contribution in [0.1, 0.15) is 37.5 Å². The molecule has 0 unspecified atom stereocenters. The van der Waals surface area contributed by atoms with Crippen LogP contribution in [0.15, 0.2) is 59.6 Å². The number of rotatable bonds is 7. The maximum Gasteiger partial charge on any atom is 0.194 e. The van der Waals surface area contributed by atoms with E-state index in [1.54, 1.807) is 13.8 Å². The van der Waals surface area contributed by atoms with Gasteiger partial charge >= 0.3 is 0 Å². The summed E-state index contributed by atoms with van der Waals surface area (Å²) >= 11 is 0. The van der Waals surface area contributed by atoms with Crippen LogP contribution in [0.4, 0.5) is 0 Å². The van der Waals surface area contributed by atoms with E-state index in [1.807, 2.05) is 37.3 Å². The molecule has 0 bridgehead atoms. The van der Waals surface area contributed by atoms with Crippen molar-refractivity contribution in [2.24, 2.45) is 4.99 Å². The standard InChI is InChI=1S/C24H33N3O3S/c1-4-25-23(27-14-15-31(28,29)24(2,3)19-27)26-16-21-12-8-9-13-22(21)18-30-17-20-10-6-5-7-11-20/h5-13H,4,14-19H2,1-3H3,(H,25,26). The van der Waals surface area contributed by atoms with Gasteiger partial charge in [0.15, 0.2) is 15.8 Å². The zero-order valence-electron chi connectivity index (χ0n) is 18.7. The van der Waals surface area contributed by atoms with E-state index in [1.165, 1.54) is 0 Å². The minimum absolute atomic E-state index is 0.147. The first-order valence-corrected chi connectivity index (χ1v) is 12.4. The highest BCUT2D eigenvalue weighted by atomic mass is 32.2. The van der Waals surface area contributed by atoms with Gasteiger partial charge in [-0.2, -0.15) is 0 Å². The van der Waals surface area contributed by atoms with E-state index in [2.05, 4.69) is 34.5 Å². The molecule has 1 N–H and O–H groups in total. The van der Waals surface area contributed by atoms with Crippen LogP contribution in [-0.2, 0) is 34.3 Å². The summed E-state index contributed by atoms with van der Waals surface area (Å²) in [7, 11) is -3.09. The van der Waals surface area contributed by atoms with E-state index in [9.17, 15) is 8.42 Å². The van der Waals surface area contributed by atoms with Gasteiger partial charge < -0.3 is 15.0 Å². The lowest BCUT2D eigenvalue weighted by molar-refractivity contribution is 0.106. The lowest BCUT2D eigenvalue weighted by atomic mass is 10.1. The minimum atomic E-state index is -3.09. The van der Waals surface area contributed by atoms with Crippen LogP contribution in [0.2, 0.25) is 0 Å². The predicted molar refractivity (Wildman–Crippen MR) is 126 cm³/mol. The van der Waals surface area contributed by atoms with Gasteiger partial charge in [-0.3, -0.25) is 0 Å². The second-order valence-corrected chi connectivity index (χ2v) is 11.2. The van der Waals surface area contributed by atoms with Crippen LogP contribution in [0, 0.1) is 0 Å². The van der Waals surface area contributed by atoms with Crippen LogP contribution >= 0.6 is 0 Å². The topological polar surface area (TPSA) is 71.0 Å². The minimum Gasteiger partial charge on any atom is -0.372 e. The molecule has 0 saturated carbocycles. The number of aliphatic imine (C=N–C) groups is 1. The van der Waals surface area contributed by atoms with Crippen molar-refractivity contribution in [3.05, 3.63) is 71.3 Å². The van der Waals surface area contributed by atoms with Crippen molar-refractivity contribution in [1.82, 2.24) is 10.2 Å². The molecule has 2 aromatic rings. The van der Waals surface area contributed by atoms with Crippen LogP contribution < -0.4 is 5.32 Å². The summed E-state index contributed by atoms with van der Waals surface area (Å²) in [6, 6.07) is 18.3. The van der Waals surface area contributed by atoms with Crippen molar-refractivity contribution in [2.45, 2.75) is 45.3 Å². The summed E-state index contributed by atoms with van der Waals surface area (Å²) in [5.74, 6) is 0.902. The zero-order valence-corrected chi connectivity index (χ0v) is 19.5. The number of nitrogens with zero attached hydrogens (tertiary/aromatic N) is 2. The molecule has 1 aliphatic rings. The molecule has 0 spiro atoms. The van der Waals surface area contributed by atoms with Gasteiger partial charge in [-0.15, -0.1) is 0 Å². The lowest BCUT2D eigenvalue weighted by Crippen LogP contribution is -2.57. The number of hydrogen-bond donors (Lipinski definition) is 1. The van der Waals surface area contributed by atoms with Crippen LogP contribution in [0.3, 0.4) is 0 Å². The predicted octanol–water partition coefficient (Wildman–Crippen LogP) is 3.38. The normalized spacial score (nSPS) is 18.0. The molecule has 6 nitrogen and oxygen atoms in total. The summed E-state index contributed by atoms with van der Waals surface area (Å²) in [5, 5.41) is 3.32. The number of benzene rings is 2. The van der Waals surface area contributed by atoms with Gasteiger partial charge in [-0.25, -0.2) is 13.4 Å². The Hall–Kier alpha value is -2.38. The Labute approximate surface area is 186 Å². The summed E-state index contributed by atoms with van der Waals surface area (Å²) in [6.45, 7) is 8.82. The van der Waals surface area contributed by atoms with E-state index in [0.717, 1.165) is 29.2 Å². The Morgan fingerprint density at radius 1 is 1.06 bits per heavy atom. The largest absolute Gasteiger partial charge is 0.372 e. The third kappa shape index (κ3) is 6.08. The number of hydrogen-bond acceptors (Lipinski definition) is 4. The van der Waals surface area contributed by atoms with Gasteiger partial charge in [0.2, 0.25) is 0 Å². The highest BCUT2D eigenvalue weighted by Gasteiger charge is 2.40. The summed E-state index contributed by atoms with van der Waals surface area (Å²) in [5.41, 5.74) is 3.37. The van der Waals surface area contributed by atoms with Crippen LogP contribution in [0.5, 0.6) is 0 Å². The molecule has 0 radical (unpaired) electrons. The fraction of sp³-hybridized carbons (Fsp3) is 0.458. The molecular weight excluding hydrogens is 410 g/mol. The van der Waals surface area contributed by atoms with Gasteiger partial charge in [-0.05, 0) is 37.5 Å². The number of ether oxygens (including phenoxy) is 1. The first-order valence-electron chi connectivity index (χ1n) is 10.8. The fourth-order valence-electron chi connectivity index (χ4n) is 3.62. The van der Waals surface area contributed by atoms with Gasteiger partial charge in [0.1, 0.15) is 0 Å². The Bertz CT molecular complexity index is 988. The molecule has 7 heteroatoms. The Morgan fingerprint density at radius 2 is 1.74 bits per heavy atom. The fourth-order valence-corrected chi connectivity index (χ4v) is 4.98. The van der Waals surface area contributed by atoms with Gasteiger partial charge in [0.25, 0.3) is 0 Å². The molecule has 1 fully saturated rings. The smallest absolute Gasteiger partial charge is 0.194 e. The van der Waals surface area contributed by atoms with E-state index in [0.29, 0.717) is 32.8 Å². The zero-order chi connectivity index (χ0) is 22.3. The van der Waals surface area contributed by atoms with Gasteiger partial charge in [0, 0.05) is 19.6 Å². The van der Waals surface area contributed by atoms with Crippen molar-refractivity contribution < 1.29 is 13.2 Å². The third-order valence-corrected chi connectivity index (χ3v) is 8.10. The van der Waals surface area contributed by atoms with Crippen molar-refractivity contribution in [3.8, 4) is 0 Å². The Balaban J connectivity index is 1.68. The van der Waals surface area contributed by atoms with Crippen molar-refractivity contribution in [1.29, 1.82) is 0 Å². The molecule has 1 aliphatic heterocycles. The summed E-state index contributed by atoms with van der Waals surface area (Å²) in [6.07, 6.45) is 0. The van der Waals surface area contributed by atoms with Crippen molar-refractivity contribution in [2.75, 3.05) is 25.4 Å². The second kappa shape index (κ2) is 10.3. The van der Waals surface area contributed by atoms with Gasteiger partial charge in [0.05, 0.1) is 30.3 Å². The maximum absolute atomic E-state index is 12.4. The van der Waals surface area contributed by atoms with E-state index in [-0.39, 0.29) is 5.75 Å². The first kappa shape index (κ1) is 23.3. The van der Waals surface area contributed by atoms with Crippen LogP contribution in [0.25, 0.3) is 0 Å². The Morgan fingerprint density at radius 3 is 2.42 bits per heavy atom. The molecule has 31 heavy (non-hydrogen) atoms. The maximum atomic E-state index is 12.4. The summed E-state index contributed by atoms with van der Waals surface area (Å²) in [4.78, 5) is 6.88. The van der Waals surface area contributed by atoms with E-state index in [4.69, 9.17) is 9.73 Å². The number of guanidine groups is 1. The third-order valence-electron chi connectivity index (χ3n) is 5.56. The molecule has 1 heterocycles. The molecule has 168 valence electrons. The Kier molecular flexibility index (Phi) is 7.73. The van der Waals surface area contributed by atoms with Crippen LogP contribution in [-0.4, -0.2) is 49.4 Å². The lowest BCUT2D eigenvalue weighted by Gasteiger charge is -2.39. The molecule has 0 atom stereocenters. The van der Waals surface area contributed by atoms with Gasteiger partial charge in [-0.1, -0.05) is 54.6 Å². The SMILES string of the molecule is CCNC(=NCc1ccccc1COCc1ccccc1)N1CCS(=O)(=O)C(C)(C)C1. The molecule has 3 rings (SSSR count). The molecule has 0 aliphatic carbocycles. The molecule has 0 aromatic heterocycles. The number of sulfone groups is 1.